The van der Waals surface area contributed by atoms with Crippen LogP contribution in [0.4, 0.5) is 11.4 Å². The van der Waals surface area contributed by atoms with Crippen LogP contribution in [0.1, 0.15) is 19.8 Å². The summed E-state index contributed by atoms with van der Waals surface area (Å²) in [4.78, 5) is 12.6. The topological polar surface area (TPSA) is 58.4 Å². The zero-order chi connectivity index (χ0) is 13.0. The Kier molecular flexibility index (Phi) is 4.15. The number of hydrogen-bond donors (Lipinski definition) is 1. The molecule has 1 N–H and O–H groups in total. The molecule has 5 nitrogen and oxygen atoms in total. The molecule has 1 aliphatic rings. The molecule has 0 bridgehead atoms. The van der Waals surface area contributed by atoms with Gasteiger partial charge in [0.2, 0.25) is 0 Å². The van der Waals surface area contributed by atoms with Gasteiger partial charge in [0.15, 0.2) is 0 Å². The molecule has 1 heterocycles. The Morgan fingerprint density at radius 2 is 1.94 bits per heavy atom. The fourth-order valence-electron chi connectivity index (χ4n) is 2.36. The number of benzene rings is 1. The fourth-order valence-corrected chi connectivity index (χ4v) is 2.36. The number of anilines is 1. The van der Waals surface area contributed by atoms with Crippen LogP contribution in [0.3, 0.4) is 0 Å². The second kappa shape index (κ2) is 5.82. The van der Waals surface area contributed by atoms with Crippen molar-refractivity contribution in [3.63, 3.8) is 0 Å². The number of likely N-dealkylation sites (tertiary alicyclic amines) is 1. The van der Waals surface area contributed by atoms with E-state index < -0.39 is 0 Å². The van der Waals surface area contributed by atoms with E-state index in [4.69, 9.17) is 0 Å². The molecule has 98 valence electrons. The van der Waals surface area contributed by atoms with Crippen molar-refractivity contribution in [2.24, 2.45) is 0 Å². The van der Waals surface area contributed by atoms with Crippen molar-refractivity contribution in [1.29, 1.82) is 0 Å². The lowest BCUT2D eigenvalue weighted by molar-refractivity contribution is -0.384. The smallest absolute Gasteiger partial charge is 0.269 e. The van der Waals surface area contributed by atoms with Gasteiger partial charge in [-0.3, -0.25) is 10.1 Å². The maximum Gasteiger partial charge on any atom is 0.269 e. The number of nitrogens with one attached hydrogen (secondary N) is 1. The number of non-ortho nitro benzene ring substituents is 1. The van der Waals surface area contributed by atoms with Crippen LogP contribution < -0.4 is 5.32 Å². The normalized spacial score (nSPS) is 17.6. The molecule has 1 aromatic carbocycles. The van der Waals surface area contributed by atoms with Crippen LogP contribution in [-0.4, -0.2) is 35.5 Å². The number of nitrogens with zero attached hydrogens (tertiary/aromatic N) is 2. The lowest BCUT2D eigenvalue weighted by Gasteiger charge is -2.21. The second-order valence-corrected chi connectivity index (χ2v) is 4.86. The molecule has 1 aromatic rings. The first kappa shape index (κ1) is 12.8. The maximum atomic E-state index is 10.5. The number of hydrogen-bond acceptors (Lipinski definition) is 4. The van der Waals surface area contributed by atoms with Crippen molar-refractivity contribution in [3.8, 4) is 0 Å². The van der Waals surface area contributed by atoms with E-state index in [0.717, 1.165) is 12.2 Å². The predicted molar refractivity (Wildman–Crippen MR) is 71.9 cm³/mol. The molecule has 1 fully saturated rings. The summed E-state index contributed by atoms with van der Waals surface area (Å²) in [6.45, 7) is 5.54. The van der Waals surface area contributed by atoms with E-state index in [1.165, 1.54) is 38.1 Å². The van der Waals surface area contributed by atoms with Gasteiger partial charge in [0.1, 0.15) is 0 Å². The number of nitro benzene ring substituents is 1. The van der Waals surface area contributed by atoms with Gasteiger partial charge in [0, 0.05) is 30.4 Å². The fraction of sp³-hybridized carbons (Fsp3) is 0.538. The molecule has 2 rings (SSSR count). The number of nitro groups is 1. The van der Waals surface area contributed by atoms with Crippen LogP contribution in [0.15, 0.2) is 24.3 Å². The molecule has 0 aromatic heterocycles. The summed E-state index contributed by atoms with van der Waals surface area (Å²) in [6.07, 6.45) is 2.59. The summed E-state index contributed by atoms with van der Waals surface area (Å²) in [6, 6.07) is 6.94. The summed E-state index contributed by atoms with van der Waals surface area (Å²) < 4.78 is 0. The second-order valence-electron chi connectivity index (χ2n) is 4.86. The average molecular weight is 249 g/mol. The van der Waals surface area contributed by atoms with E-state index in [-0.39, 0.29) is 10.6 Å². The molecular formula is C13H19N3O2. The molecule has 1 aliphatic heterocycles. The van der Waals surface area contributed by atoms with Gasteiger partial charge in [0.05, 0.1) is 4.92 Å². The average Bonchev–Trinajstić information content (AvgIpc) is 2.82. The molecule has 0 amide bonds. The zero-order valence-corrected chi connectivity index (χ0v) is 10.6. The SMILES string of the molecule is CC(CN1CCCC1)Nc1ccc([N+](=O)[O-])cc1. The Hall–Kier alpha value is -1.62. The largest absolute Gasteiger partial charge is 0.381 e. The molecule has 1 atom stereocenters. The summed E-state index contributed by atoms with van der Waals surface area (Å²) in [5.74, 6) is 0. The molecule has 0 saturated carbocycles. The molecule has 5 heteroatoms. The highest BCUT2D eigenvalue weighted by atomic mass is 16.6. The Morgan fingerprint density at radius 3 is 2.50 bits per heavy atom. The van der Waals surface area contributed by atoms with Gasteiger partial charge in [-0.05, 0) is 45.0 Å². The Balaban J connectivity index is 1.86. The molecular weight excluding hydrogens is 230 g/mol. The number of rotatable bonds is 5. The summed E-state index contributed by atoms with van der Waals surface area (Å²) >= 11 is 0. The van der Waals surface area contributed by atoms with Gasteiger partial charge in [-0.25, -0.2) is 0 Å². The third-order valence-corrected chi connectivity index (χ3v) is 3.22. The van der Waals surface area contributed by atoms with E-state index in [1.807, 2.05) is 0 Å². The van der Waals surface area contributed by atoms with Gasteiger partial charge in [-0.15, -0.1) is 0 Å². The van der Waals surface area contributed by atoms with E-state index in [9.17, 15) is 10.1 Å². The molecule has 1 unspecified atom stereocenters. The van der Waals surface area contributed by atoms with Crippen LogP contribution in [0, 0.1) is 10.1 Å². The summed E-state index contributed by atoms with van der Waals surface area (Å²) in [5, 5.41) is 13.9. The van der Waals surface area contributed by atoms with Crippen molar-refractivity contribution in [2.45, 2.75) is 25.8 Å². The minimum absolute atomic E-state index is 0.132. The standard InChI is InChI=1S/C13H19N3O2/c1-11(10-15-8-2-3-9-15)14-12-4-6-13(7-5-12)16(17)18/h4-7,11,14H,2-3,8-10H2,1H3. The zero-order valence-electron chi connectivity index (χ0n) is 10.6. The van der Waals surface area contributed by atoms with Gasteiger partial charge in [-0.1, -0.05) is 0 Å². The minimum atomic E-state index is -0.378. The van der Waals surface area contributed by atoms with Crippen molar-refractivity contribution >= 4 is 11.4 Å². The molecule has 0 spiro atoms. The van der Waals surface area contributed by atoms with Gasteiger partial charge in [0.25, 0.3) is 5.69 Å². The summed E-state index contributed by atoms with van der Waals surface area (Å²) in [7, 11) is 0. The van der Waals surface area contributed by atoms with Crippen LogP contribution in [0.5, 0.6) is 0 Å². The Labute approximate surface area is 107 Å². The van der Waals surface area contributed by atoms with Gasteiger partial charge in [-0.2, -0.15) is 0 Å². The first-order chi connectivity index (χ1) is 8.65. The molecule has 1 saturated heterocycles. The summed E-state index contributed by atoms with van der Waals surface area (Å²) in [5.41, 5.74) is 1.07. The minimum Gasteiger partial charge on any atom is -0.381 e. The van der Waals surface area contributed by atoms with Crippen LogP contribution in [-0.2, 0) is 0 Å². The monoisotopic (exact) mass is 249 g/mol. The Morgan fingerprint density at radius 1 is 1.33 bits per heavy atom. The van der Waals surface area contributed by atoms with Gasteiger partial charge < -0.3 is 10.2 Å². The first-order valence-electron chi connectivity index (χ1n) is 6.38. The third-order valence-electron chi connectivity index (χ3n) is 3.22. The molecule has 0 radical (unpaired) electrons. The van der Waals surface area contributed by atoms with Crippen molar-refractivity contribution in [2.75, 3.05) is 25.0 Å². The first-order valence-corrected chi connectivity index (χ1v) is 6.38. The van der Waals surface area contributed by atoms with Crippen molar-refractivity contribution < 1.29 is 4.92 Å². The highest BCUT2D eigenvalue weighted by Crippen LogP contribution is 2.16. The van der Waals surface area contributed by atoms with Gasteiger partial charge >= 0.3 is 0 Å². The van der Waals surface area contributed by atoms with Crippen LogP contribution in [0.2, 0.25) is 0 Å². The lowest BCUT2D eigenvalue weighted by atomic mass is 10.2. The predicted octanol–water partition coefficient (Wildman–Crippen LogP) is 2.49. The molecule has 0 aliphatic carbocycles. The van der Waals surface area contributed by atoms with E-state index in [0.29, 0.717) is 6.04 Å². The van der Waals surface area contributed by atoms with E-state index >= 15 is 0 Å². The highest BCUT2D eigenvalue weighted by molar-refractivity contribution is 5.49. The van der Waals surface area contributed by atoms with Crippen molar-refractivity contribution in [1.82, 2.24) is 4.90 Å². The molecule has 18 heavy (non-hydrogen) atoms. The van der Waals surface area contributed by atoms with Crippen LogP contribution in [0.25, 0.3) is 0 Å². The quantitative estimate of drug-likeness (QED) is 0.643. The lowest BCUT2D eigenvalue weighted by Crippen LogP contribution is -2.32. The van der Waals surface area contributed by atoms with Crippen LogP contribution >= 0.6 is 0 Å². The third kappa shape index (κ3) is 3.43. The van der Waals surface area contributed by atoms with E-state index in [2.05, 4.69) is 17.1 Å². The van der Waals surface area contributed by atoms with Crippen molar-refractivity contribution in [3.05, 3.63) is 34.4 Å². The highest BCUT2D eigenvalue weighted by Gasteiger charge is 2.14. The van der Waals surface area contributed by atoms with E-state index in [1.54, 1.807) is 12.1 Å². The maximum absolute atomic E-state index is 10.5. The Bertz CT molecular complexity index is 399.